The van der Waals surface area contributed by atoms with E-state index in [9.17, 15) is 28.8 Å². The fraction of sp³-hybridized carbons (Fsp3) is 0.952. The number of hydrogen-bond donors (Lipinski definition) is 12. The van der Waals surface area contributed by atoms with Gasteiger partial charge in [-0.3, -0.25) is 28.8 Å². The van der Waals surface area contributed by atoms with Crippen LogP contribution in [-0.4, -0.2) is 213 Å². The quantitative estimate of drug-likeness (QED) is 0.0153. The van der Waals surface area contributed by atoms with E-state index in [0.717, 1.165) is 77.0 Å². The Morgan fingerprint density at radius 1 is 0.127 bits per heavy atom. The average molecular weight is 2150 g/mol. The molecule has 0 aromatic heterocycles. The minimum Gasteiger partial charge on any atom is -0.463 e. The Morgan fingerprint density at radius 2 is 0.193 bits per heavy atom. The lowest BCUT2D eigenvalue weighted by molar-refractivity contribution is -0.148. The van der Waals surface area contributed by atoms with Crippen LogP contribution in [0.2, 0.25) is 0 Å². The van der Waals surface area contributed by atoms with E-state index in [0.29, 0.717) is 38.5 Å². The number of carbonyl (C=O) groups excluding carboxylic acids is 6. The van der Waals surface area contributed by atoms with Crippen molar-refractivity contribution in [3.8, 4) is 0 Å². The number of hydrogen-bond acceptors (Lipinski definition) is 24. The lowest BCUT2D eigenvalue weighted by atomic mass is 10.0. The van der Waals surface area contributed by atoms with Crippen molar-refractivity contribution in [2.75, 3.05) is 79.3 Å². The largest absolute Gasteiger partial charge is 0.463 e. The van der Waals surface area contributed by atoms with Crippen LogP contribution in [0.5, 0.6) is 0 Å². The summed E-state index contributed by atoms with van der Waals surface area (Å²) in [6.45, 7) is 10.8. The molecule has 0 aliphatic heterocycles. The summed E-state index contributed by atoms with van der Waals surface area (Å²) in [5.41, 5.74) is 0. The van der Waals surface area contributed by atoms with Crippen LogP contribution in [0.4, 0.5) is 0 Å². The molecule has 0 aromatic rings. The lowest BCUT2D eigenvalue weighted by Gasteiger charge is -2.08. The number of aliphatic hydroxyl groups is 12. The summed E-state index contributed by atoms with van der Waals surface area (Å²) < 4.78 is 29.2. The maximum absolute atomic E-state index is 11.4. The highest BCUT2D eigenvalue weighted by molar-refractivity contribution is 5.71. The number of aliphatic hydroxyl groups excluding tert-OH is 12. The number of ether oxygens (including phenoxy) is 6. The molecule has 0 saturated heterocycles. The molecule has 0 heterocycles. The Morgan fingerprint density at radius 3 is 0.260 bits per heavy atom. The van der Waals surface area contributed by atoms with Crippen molar-refractivity contribution in [1.29, 1.82) is 0 Å². The summed E-state index contributed by atoms with van der Waals surface area (Å²) in [6.07, 6.45) is 114. The third-order valence-electron chi connectivity index (χ3n) is 27.8. The van der Waals surface area contributed by atoms with Gasteiger partial charge in [-0.15, -0.1) is 0 Å². The van der Waals surface area contributed by atoms with Crippen molar-refractivity contribution in [2.24, 2.45) is 0 Å². The first kappa shape index (κ1) is 157. The van der Waals surface area contributed by atoms with E-state index in [2.05, 4.69) is 41.5 Å². The van der Waals surface area contributed by atoms with Gasteiger partial charge in [-0.05, 0) is 38.5 Å². The van der Waals surface area contributed by atoms with Gasteiger partial charge in [0.2, 0.25) is 0 Å². The van der Waals surface area contributed by atoms with Crippen molar-refractivity contribution in [3.05, 3.63) is 0 Å². The Kier molecular flexibility index (Phi) is 148. The van der Waals surface area contributed by atoms with E-state index in [1.807, 2.05) is 0 Å². The van der Waals surface area contributed by atoms with Crippen molar-refractivity contribution in [2.45, 2.75) is 695 Å². The highest BCUT2D eigenvalue weighted by Gasteiger charge is 2.15. The van der Waals surface area contributed by atoms with Gasteiger partial charge in [-0.1, -0.05) is 581 Å². The van der Waals surface area contributed by atoms with Gasteiger partial charge >= 0.3 is 35.8 Å². The number of unbranched alkanes of at least 4 members (excludes halogenated alkanes) is 84. The van der Waals surface area contributed by atoms with Gasteiger partial charge < -0.3 is 89.7 Å². The maximum atomic E-state index is 11.4. The third-order valence-corrected chi connectivity index (χ3v) is 27.8. The zero-order valence-corrected chi connectivity index (χ0v) is 99.1. The van der Waals surface area contributed by atoms with E-state index in [-0.39, 0.29) is 115 Å². The van der Waals surface area contributed by atoms with Crippen LogP contribution in [0, 0.1) is 0 Å². The first-order valence-corrected chi connectivity index (χ1v) is 63.9. The van der Waals surface area contributed by atoms with Gasteiger partial charge in [0.15, 0.2) is 0 Å². The summed E-state index contributed by atoms with van der Waals surface area (Å²) in [6, 6.07) is 0. The van der Waals surface area contributed by atoms with Crippen LogP contribution in [-0.2, 0) is 57.2 Å². The van der Waals surface area contributed by atoms with Crippen LogP contribution in [0.3, 0.4) is 0 Å². The Labute approximate surface area is 923 Å². The lowest BCUT2D eigenvalue weighted by Crippen LogP contribution is -2.21. The van der Waals surface area contributed by atoms with Crippen molar-refractivity contribution in [3.63, 3.8) is 0 Å². The molecule has 0 amide bonds. The Bertz CT molecular complexity index is 2120. The predicted molar refractivity (Wildman–Crippen MR) is 622 cm³/mol. The smallest absolute Gasteiger partial charge is 0.305 e. The van der Waals surface area contributed by atoms with E-state index in [4.69, 9.17) is 89.7 Å². The Balaban J connectivity index is -0.000000415. The number of carbonyl (C=O) groups is 6. The molecule has 0 spiro atoms. The van der Waals surface area contributed by atoms with Crippen molar-refractivity contribution < 1.29 is 118 Å². The number of rotatable bonds is 114. The summed E-state index contributed by atoms with van der Waals surface area (Å²) in [5.74, 6) is -1.65. The molecule has 24 nitrogen and oxygen atoms in total. The average Bonchev–Trinajstić information content (AvgIpc) is 1.04. The molecule has 6 atom stereocenters. The fourth-order valence-electron chi connectivity index (χ4n) is 17.7. The SMILES string of the molecule is CCCCCCCCCCCCCCCCCC(=O)OCC(O)CO.CCCCCCCCCCCCCCCCCC(=O)OCC(O)CO.CCCCCCCCCCCCCCCCCC(=O)OCC(O)CO.CCCCCCCCCCCCCCCCCC(=O)OCC(O)CO.CCCCCCCCCCCCCCCCCC(=O)OCC(O)CO.CCCCCCCCCCCCCCCCCC(=O)OCC(O)CO. The van der Waals surface area contributed by atoms with Gasteiger partial charge in [0.1, 0.15) is 76.3 Å². The van der Waals surface area contributed by atoms with Crippen LogP contribution in [0.25, 0.3) is 0 Å². The molecule has 0 radical (unpaired) electrons. The molecule has 12 N–H and O–H groups in total. The highest BCUT2D eigenvalue weighted by atomic mass is 16.6. The maximum Gasteiger partial charge on any atom is 0.305 e. The summed E-state index contributed by atoms with van der Waals surface area (Å²) in [4.78, 5) is 68.3. The summed E-state index contributed by atoms with van der Waals surface area (Å²) >= 11 is 0. The van der Waals surface area contributed by atoms with Gasteiger partial charge in [0.05, 0.1) is 39.6 Å². The molecule has 0 saturated carbocycles. The topological polar surface area (TPSA) is 401 Å². The van der Waals surface area contributed by atoms with Crippen LogP contribution < -0.4 is 0 Å². The standard InChI is InChI=1S/6C21H42O4/c6*1-2-3-4-5-6-7-8-9-10-11-12-13-14-15-16-17-21(24)25-19-20(23)18-22/h6*20,22-23H,2-19H2,1H3. The van der Waals surface area contributed by atoms with Gasteiger partial charge in [-0.2, -0.15) is 0 Å². The molecule has 0 rings (SSSR count). The van der Waals surface area contributed by atoms with Crippen LogP contribution in [0.15, 0.2) is 0 Å². The predicted octanol–water partition coefficient (Wildman–Crippen LogP) is 30.9. The molecular weight excluding hydrogens is 1900 g/mol. The summed E-state index contributed by atoms with van der Waals surface area (Å²) in [5, 5.41) is 106. The van der Waals surface area contributed by atoms with E-state index in [1.54, 1.807) is 0 Å². The van der Waals surface area contributed by atoms with E-state index >= 15 is 0 Å². The molecule has 0 aromatic carbocycles. The first-order chi connectivity index (χ1) is 73.2. The minimum atomic E-state index is -0.954. The third kappa shape index (κ3) is 151. The van der Waals surface area contributed by atoms with Gasteiger partial charge in [-0.25, -0.2) is 0 Å². The molecular formula is C126H252O24. The Hall–Kier alpha value is -3.66. The van der Waals surface area contributed by atoms with Crippen molar-refractivity contribution >= 4 is 35.8 Å². The van der Waals surface area contributed by atoms with E-state index < -0.39 is 36.6 Å². The second kappa shape index (κ2) is 141. The van der Waals surface area contributed by atoms with Crippen LogP contribution in [0.1, 0.15) is 658 Å². The molecule has 24 heteroatoms. The fourth-order valence-corrected chi connectivity index (χ4v) is 17.7. The molecule has 150 heavy (non-hydrogen) atoms. The molecule has 0 fully saturated rings. The second-order valence-electron chi connectivity index (χ2n) is 43.3. The first-order valence-electron chi connectivity index (χ1n) is 63.9. The second-order valence-corrected chi connectivity index (χ2v) is 43.3. The minimum absolute atomic E-state index is 0.103. The van der Waals surface area contributed by atoms with Gasteiger partial charge in [0.25, 0.3) is 0 Å². The van der Waals surface area contributed by atoms with Crippen LogP contribution >= 0.6 is 0 Å². The number of esters is 6. The zero-order valence-electron chi connectivity index (χ0n) is 99.1. The molecule has 0 aliphatic rings. The normalized spacial score (nSPS) is 12.3. The summed E-state index contributed by atoms with van der Waals surface area (Å²) in [7, 11) is 0. The molecule has 900 valence electrons. The molecule has 0 bridgehead atoms. The molecule has 6 unspecified atom stereocenters. The van der Waals surface area contributed by atoms with Crippen molar-refractivity contribution in [1.82, 2.24) is 0 Å². The molecule has 0 aliphatic carbocycles. The van der Waals surface area contributed by atoms with Gasteiger partial charge in [0, 0.05) is 38.5 Å². The highest BCUT2D eigenvalue weighted by Crippen LogP contribution is 2.23. The monoisotopic (exact) mass is 2150 g/mol. The zero-order chi connectivity index (χ0) is 112. The van der Waals surface area contributed by atoms with E-state index in [1.165, 1.54) is 501 Å².